The zero-order chi connectivity index (χ0) is 13.9. The normalized spacial score (nSPS) is 10.7. The van der Waals surface area contributed by atoms with Gasteiger partial charge in [0.1, 0.15) is 0 Å². The number of para-hydroxylation sites is 1. The highest BCUT2D eigenvalue weighted by molar-refractivity contribution is 7.98. The second-order valence-electron chi connectivity index (χ2n) is 4.28. The number of thioether (sulfide) groups is 1. The molecule has 1 aromatic carbocycles. The van der Waals surface area contributed by atoms with Gasteiger partial charge in [0.05, 0.1) is 23.9 Å². The van der Waals surface area contributed by atoms with Crippen LogP contribution in [0.5, 0.6) is 0 Å². The molecule has 2 heterocycles. The van der Waals surface area contributed by atoms with Crippen molar-refractivity contribution in [3.05, 3.63) is 55.2 Å². The van der Waals surface area contributed by atoms with Crippen molar-refractivity contribution < 1.29 is 0 Å². The summed E-state index contributed by atoms with van der Waals surface area (Å²) in [5, 5.41) is 0. The third-order valence-electron chi connectivity index (χ3n) is 3.11. The zero-order valence-electron chi connectivity index (χ0n) is 11.0. The van der Waals surface area contributed by atoms with Crippen LogP contribution in [0.2, 0.25) is 0 Å². The van der Waals surface area contributed by atoms with Crippen molar-refractivity contribution in [2.75, 3.05) is 12.0 Å². The van der Waals surface area contributed by atoms with Gasteiger partial charge in [0.2, 0.25) is 0 Å². The molecule has 3 aromatic rings. The maximum atomic E-state index is 6.04. The van der Waals surface area contributed by atoms with E-state index in [2.05, 4.69) is 28.4 Å². The fourth-order valence-corrected chi connectivity index (χ4v) is 2.72. The summed E-state index contributed by atoms with van der Waals surface area (Å²) >= 11 is 1.71. The van der Waals surface area contributed by atoms with Crippen LogP contribution in [0.25, 0.3) is 16.9 Å². The molecule has 0 amide bonds. The summed E-state index contributed by atoms with van der Waals surface area (Å²) in [4.78, 5) is 9.60. The molecule has 4 nitrogen and oxygen atoms in total. The summed E-state index contributed by atoms with van der Waals surface area (Å²) in [7, 11) is 0. The summed E-state index contributed by atoms with van der Waals surface area (Å²) < 4.78 is 2.04. The Labute approximate surface area is 121 Å². The van der Waals surface area contributed by atoms with Crippen molar-refractivity contribution in [1.29, 1.82) is 0 Å². The van der Waals surface area contributed by atoms with Gasteiger partial charge in [0.25, 0.3) is 0 Å². The fourth-order valence-electron chi connectivity index (χ4n) is 2.13. The average molecular weight is 282 g/mol. The number of hydrogen-bond donors (Lipinski definition) is 1. The average Bonchev–Trinajstić information content (AvgIpc) is 2.96. The van der Waals surface area contributed by atoms with E-state index in [0.29, 0.717) is 5.69 Å². The molecule has 0 fully saturated rings. The molecule has 0 aliphatic rings. The largest absolute Gasteiger partial charge is 0.398 e. The Hall–Kier alpha value is -2.27. The quantitative estimate of drug-likeness (QED) is 0.749. The molecule has 0 spiro atoms. The van der Waals surface area contributed by atoms with E-state index in [1.165, 1.54) is 4.90 Å². The number of anilines is 1. The molecule has 0 atom stereocenters. The fraction of sp³-hybridized carbons (Fsp3) is 0.0667. The molecule has 0 saturated carbocycles. The molecular formula is C15H14N4S. The predicted octanol–water partition coefficient (Wildman–Crippen LogP) is 3.24. The van der Waals surface area contributed by atoms with Gasteiger partial charge in [-0.25, -0.2) is 4.98 Å². The molecule has 2 aromatic heterocycles. The van der Waals surface area contributed by atoms with Crippen molar-refractivity contribution in [2.45, 2.75) is 4.90 Å². The second-order valence-corrected chi connectivity index (χ2v) is 5.13. The smallest absolute Gasteiger partial charge is 0.0997 e. The van der Waals surface area contributed by atoms with Crippen LogP contribution in [0.4, 0.5) is 5.69 Å². The molecule has 3 rings (SSSR count). The standard InChI is InChI=1S/C15H14N4S/c1-20-15-5-3-2-4-13(15)19-10-18-9-14(19)11-8-17-7-6-12(11)16/h2-10H,1H3,(H2,16,17). The van der Waals surface area contributed by atoms with Gasteiger partial charge >= 0.3 is 0 Å². The van der Waals surface area contributed by atoms with E-state index >= 15 is 0 Å². The lowest BCUT2D eigenvalue weighted by atomic mass is 10.2. The van der Waals surface area contributed by atoms with Crippen molar-refractivity contribution in [2.24, 2.45) is 0 Å². The SMILES string of the molecule is CSc1ccccc1-n1cncc1-c1cnccc1N. The van der Waals surface area contributed by atoms with Crippen LogP contribution in [0.3, 0.4) is 0 Å². The Bertz CT molecular complexity index is 736. The maximum Gasteiger partial charge on any atom is 0.0997 e. The first-order valence-electron chi connectivity index (χ1n) is 6.17. The van der Waals surface area contributed by atoms with Gasteiger partial charge in [0, 0.05) is 28.5 Å². The minimum absolute atomic E-state index is 0.698. The van der Waals surface area contributed by atoms with Crippen LogP contribution in [0.15, 0.2) is 60.1 Å². The van der Waals surface area contributed by atoms with Crippen LogP contribution >= 0.6 is 11.8 Å². The highest BCUT2D eigenvalue weighted by Crippen LogP contribution is 2.30. The Morgan fingerprint density at radius 1 is 1.10 bits per heavy atom. The van der Waals surface area contributed by atoms with Crippen molar-refractivity contribution in [3.8, 4) is 16.9 Å². The summed E-state index contributed by atoms with van der Waals surface area (Å²) in [5.41, 5.74) is 9.67. The first-order chi connectivity index (χ1) is 9.81. The van der Waals surface area contributed by atoms with Gasteiger partial charge < -0.3 is 5.73 Å². The zero-order valence-corrected chi connectivity index (χ0v) is 11.8. The van der Waals surface area contributed by atoms with E-state index in [4.69, 9.17) is 5.73 Å². The number of hydrogen-bond acceptors (Lipinski definition) is 4. The van der Waals surface area contributed by atoms with Crippen LogP contribution in [0, 0.1) is 0 Å². The molecule has 5 heteroatoms. The van der Waals surface area contributed by atoms with E-state index < -0.39 is 0 Å². The summed E-state index contributed by atoms with van der Waals surface area (Å²) in [6.45, 7) is 0. The molecule has 20 heavy (non-hydrogen) atoms. The molecule has 0 aliphatic carbocycles. The van der Waals surface area contributed by atoms with E-state index in [9.17, 15) is 0 Å². The minimum atomic E-state index is 0.698. The van der Waals surface area contributed by atoms with Gasteiger partial charge in [-0.1, -0.05) is 12.1 Å². The number of nitrogen functional groups attached to an aromatic ring is 1. The van der Waals surface area contributed by atoms with Gasteiger partial charge in [0.15, 0.2) is 0 Å². The number of imidazole rings is 1. The van der Waals surface area contributed by atoms with Crippen LogP contribution in [0.1, 0.15) is 0 Å². The van der Waals surface area contributed by atoms with Gasteiger partial charge in [-0.3, -0.25) is 9.55 Å². The Morgan fingerprint density at radius 2 is 1.95 bits per heavy atom. The summed E-state index contributed by atoms with van der Waals surface area (Å²) in [5.74, 6) is 0. The first kappa shape index (κ1) is 12.7. The molecule has 0 saturated heterocycles. The van der Waals surface area contributed by atoms with Crippen molar-refractivity contribution >= 4 is 17.4 Å². The molecular weight excluding hydrogens is 268 g/mol. The lowest BCUT2D eigenvalue weighted by Gasteiger charge is -2.12. The molecule has 0 bridgehead atoms. The van der Waals surface area contributed by atoms with Gasteiger partial charge in [-0.05, 0) is 24.5 Å². The molecule has 0 aliphatic heterocycles. The van der Waals surface area contributed by atoms with Crippen LogP contribution < -0.4 is 5.73 Å². The number of nitrogens with zero attached hydrogens (tertiary/aromatic N) is 3. The lowest BCUT2D eigenvalue weighted by Crippen LogP contribution is -1.99. The number of pyridine rings is 1. The Morgan fingerprint density at radius 3 is 2.75 bits per heavy atom. The highest BCUT2D eigenvalue weighted by Gasteiger charge is 2.12. The number of nitrogens with two attached hydrogens (primary N) is 1. The topological polar surface area (TPSA) is 56.7 Å². The number of aromatic nitrogens is 3. The van der Waals surface area contributed by atoms with Crippen LogP contribution in [-0.2, 0) is 0 Å². The molecule has 2 N–H and O–H groups in total. The summed E-state index contributed by atoms with van der Waals surface area (Å²) in [6, 6.07) is 10.0. The van der Waals surface area contributed by atoms with Gasteiger partial charge in [-0.15, -0.1) is 11.8 Å². The third kappa shape index (κ3) is 2.16. The van der Waals surface area contributed by atoms with Crippen LogP contribution in [-0.4, -0.2) is 20.8 Å². The van der Waals surface area contributed by atoms with Crippen molar-refractivity contribution in [3.63, 3.8) is 0 Å². The third-order valence-corrected chi connectivity index (χ3v) is 3.90. The van der Waals surface area contributed by atoms with Crippen molar-refractivity contribution in [1.82, 2.24) is 14.5 Å². The highest BCUT2D eigenvalue weighted by atomic mass is 32.2. The Kier molecular flexibility index (Phi) is 3.43. The monoisotopic (exact) mass is 282 g/mol. The molecule has 100 valence electrons. The Balaban J connectivity index is 2.19. The molecule has 0 unspecified atom stereocenters. The first-order valence-corrected chi connectivity index (χ1v) is 7.39. The van der Waals surface area contributed by atoms with E-state index in [1.54, 1.807) is 36.5 Å². The van der Waals surface area contributed by atoms with E-state index in [-0.39, 0.29) is 0 Å². The summed E-state index contributed by atoms with van der Waals surface area (Å²) in [6.07, 6.45) is 9.13. The predicted molar refractivity (Wildman–Crippen MR) is 83.0 cm³/mol. The van der Waals surface area contributed by atoms with E-state index in [1.807, 2.05) is 22.9 Å². The number of benzene rings is 1. The minimum Gasteiger partial charge on any atom is -0.398 e. The maximum absolute atomic E-state index is 6.04. The molecule has 0 radical (unpaired) electrons. The van der Waals surface area contributed by atoms with E-state index in [0.717, 1.165) is 16.9 Å². The lowest BCUT2D eigenvalue weighted by molar-refractivity contribution is 1.03. The number of rotatable bonds is 3. The second kappa shape index (κ2) is 5.38. The van der Waals surface area contributed by atoms with Gasteiger partial charge in [-0.2, -0.15) is 0 Å².